The number of hydrogen-bond acceptors (Lipinski definition) is 5. The molecule has 0 atom stereocenters. The summed E-state index contributed by atoms with van der Waals surface area (Å²) in [7, 11) is -3.45. The zero-order valence-electron chi connectivity index (χ0n) is 16.4. The minimum atomic E-state index is -3.45. The average molecular weight is 441 g/mol. The van der Waals surface area contributed by atoms with Crippen molar-refractivity contribution in [1.82, 2.24) is 5.32 Å². The van der Waals surface area contributed by atoms with E-state index in [-0.39, 0.29) is 31.3 Å². The topological polar surface area (TPSA) is 75.7 Å². The first-order valence-corrected chi connectivity index (χ1v) is 12.1. The monoisotopic (exact) mass is 440 g/mol. The van der Waals surface area contributed by atoms with Gasteiger partial charge < -0.3 is 10.1 Å². The van der Waals surface area contributed by atoms with Gasteiger partial charge in [-0.15, -0.1) is 11.8 Å². The Kier molecular flexibility index (Phi) is 8.78. The third-order valence-corrected chi connectivity index (χ3v) is 5.93. The van der Waals surface area contributed by atoms with Crippen LogP contribution in [0.25, 0.3) is 0 Å². The van der Waals surface area contributed by atoms with Gasteiger partial charge in [0.25, 0.3) is 0 Å². The predicted molar refractivity (Wildman–Crippen MR) is 115 cm³/mol. The molecule has 1 N–H and O–H groups in total. The van der Waals surface area contributed by atoms with Crippen LogP contribution >= 0.6 is 11.8 Å². The molecule has 0 aliphatic rings. The molecule has 0 aliphatic carbocycles. The third-order valence-electron chi connectivity index (χ3n) is 4.01. The maximum atomic E-state index is 12.8. The molecule has 9 heteroatoms. The number of nitrogens with one attached hydrogen (secondary N) is 1. The van der Waals surface area contributed by atoms with Crippen LogP contribution in [0.3, 0.4) is 0 Å². The second kappa shape index (κ2) is 11.1. The SMILES string of the molecule is CSc1cccc(N(CCCC(=O)NCCOc2ccc(F)cc2)S(C)(=O)=O)c1. The highest BCUT2D eigenvalue weighted by Crippen LogP contribution is 2.24. The van der Waals surface area contributed by atoms with Crippen LogP contribution < -0.4 is 14.4 Å². The van der Waals surface area contributed by atoms with E-state index in [1.54, 1.807) is 6.07 Å². The van der Waals surface area contributed by atoms with E-state index < -0.39 is 10.0 Å². The van der Waals surface area contributed by atoms with Crippen molar-refractivity contribution < 1.29 is 22.3 Å². The number of ether oxygens (including phenoxy) is 1. The largest absolute Gasteiger partial charge is 0.492 e. The van der Waals surface area contributed by atoms with E-state index >= 15 is 0 Å². The van der Waals surface area contributed by atoms with Gasteiger partial charge in [-0.1, -0.05) is 6.07 Å². The standard InChI is InChI=1S/C20H25FN2O4S2/c1-28-19-6-3-5-17(15-19)23(29(2,25)26)13-4-7-20(24)22-12-14-27-18-10-8-16(21)9-11-18/h3,5-6,8-11,15H,4,7,12-14H2,1-2H3,(H,22,24). The van der Waals surface area contributed by atoms with Crippen molar-refractivity contribution in [2.45, 2.75) is 17.7 Å². The van der Waals surface area contributed by atoms with Crippen molar-refractivity contribution in [1.29, 1.82) is 0 Å². The zero-order valence-corrected chi connectivity index (χ0v) is 18.1. The van der Waals surface area contributed by atoms with Crippen LogP contribution in [0.5, 0.6) is 5.75 Å². The van der Waals surface area contributed by atoms with Crippen molar-refractivity contribution in [2.24, 2.45) is 0 Å². The number of nitrogens with zero attached hydrogens (tertiary/aromatic N) is 1. The van der Waals surface area contributed by atoms with Gasteiger partial charge in [0.15, 0.2) is 0 Å². The molecule has 0 saturated carbocycles. The molecule has 0 heterocycles. The summed E-state index contributed by atoms with van der Waals surface area (Å²) in [6.07, 6.45) is 3.67. The van der Waals surface area contributed by atoms with Gasteiger partial charge in [0, 0.05) is 17.9 Å². The van der Waals surface area contributed by atoms with E-state index in [4.69, 9.17) is 4.74 Å². The van der Waals surface area contributed by atoms with Crippen molar-refractivity contribution in [2.75, 3.05) is 36.5 Å². The van der Waals surface area contributed by atoms with Crippen LogP contribution in [-0.4, -0.2) is 46.5 Å². The van der Waals surface area contributed by atoms with E-state index in [0.29, 0.717) is 24.4 Å². The Morgan fingerprint density at radius 3 is 2.59 bits per heavy atom. The molecule has 0 aromatic heterocycles. The Hall–Kier alpha value is -2.26. The van der Waals surface area contributed by atoms with E-state index in [1.807, 2.05) is 24.5 Å². The van der Waals surface area contributed by atoms with Gasteiger partial charge in [0.05, 0.1) is 18.5 Å². The maximum Gasteiger partial charge on any atom is 0.232 e. The maximum absolute atomic E-state index is 12.8. The van der Waals surface area contributed by atoms with Gasteiger partial charge in [0.1, 0.15) is 18.2 Å². The number of sulfonamides is 1. The smallest absolute Gasteiger partial charge is 0.232 e. The summed E-state index contributed by atoms with van der Waals surface area (Å²) in [5.41, 5.74) is 0.590. The van der Waals surface area contributed by atoms with E-state index in [2.05, 4.69) is 5.32 Å². The summed E-state index contributed by atoms with van der Waals surface area (Å²) in [6, 6.07) is 12.9. The summed E-state index contributed by atoms with van der Waals surface area (Å²) >= 11 is 1.53. The minimum Gasteiger partial charge on any atom is -0.492 e. The van der Waals surface area contributed by atoms with Crippen LogP contribution in [0.1, 0.15) is 12.8 Å². The molecule has 6 nitrogen and oxygen atoms in total. The van der Waals surface area contributed by atoms with E-state index in [0.717, 1.165) is 11.2 Å². The first kappa shape index (κ1) is 23.0. The lowest BCUT2D eigenvalue weighted by atomic mass is 10.2. The molecule has 2 aromatic rings. The zero-order chi connectivity index (χ0) is 21.3. The second-order valence-corrected chi connectivity index (χ2v) is 9.08. The molecule has 1 amide bonds. The number of carbonyl (C=O) groups excluding carboxylic acids is 1. The molecule has 0 spiro atoms. The Morgan fingerprint density at radius 1 is 1.21 bits per heavy atom. The molecule has 2 rings (SSSR count). The van der Waals surface area contributed by atoms with E-state index in [9.17, 15) is 17.6 Å². The fourth-order valence-corrected chi connectivity index (χ4v) is 4.02. The number of benzene rings is 2. The summed E-state index contributed by atoms with van der Waals surface area (Å²) in [5, 5.41) is 2.73. The minimum absolute atomic E-state index is 0.181. The van der Waals surface area contributed by atoms with Gasteiger partial charge in [-0.2, -0.15) is 0 Å². The van der Waals surface area contributed by atoms with Crippen LogP contribution in [0.2, 0.25) is 0 Å². The van der Waals surface area contributed by atoms with Gasteiger partial charge in [-0.3, -0.25) is 9.10 Å². The first-order chi connectivity index (χ1) is 13.8. The Labute approximate surface area is 175 Å². The Morgan fingerprint density at radius 2 is 1.93 bits per heavy atom. The first-order valence-electron chi connectivity index (χ1n) is 9.06. The van der Waals surface area contributed by atoms with Crippen molar-refractivity contribution in [3.63, 3.8) is 0 Å². The van der Waals surface area contributed by atoms with Crippen LogP contribution in [0, 0.1) is 5.82 Å². The molecule has 0 radical (unpaired) electrons. The summed E-state index contributed by atoms with van der Waals surface area (Å²) in [5.74, 6) is 0.00454. The highest BCUT2D eigenvalue weighted by atomic mass is 32.2. The van der Waals surface area contributed by atoms with Crippen LogP contribution in [0.15, 0.2) is 53.4 Å². The van der Waals surface area contributed by atoms with Crippen molar-refractivity contribution in [3.05, 3.63) is 54.3 Å². The van der Waals surface area contributed by atoms with Gasteiger partial charge >= 0.3 is 0 Å². The molecule has 158 valence electrons. The molecule has 2 aromatic carbocycles. The second-order valence-electron chi connectivity index (χ2n) is 6.29. The number of hydrogen-bond donors (Lipinski definition) is 1. The molecule has 0 bridgehead atoms. The van der Waals surface area contributed by atoms with Gasteiger partial charge in [-0.25, -0.2) is 12.8 Å². The highest BCUT2D eigenvalue weighted by molar-refractivity contribution is 7.98. The van der Waals surface area contributed by atoms with E-state index in [1.165, 1.54) is 40.3 Å². The lowest BCUT2D eigenvalue weighted by molar-refractivity contribution is -0.121. The van der Waals surface area contributed by atoms with Crippen LogP contribution in [-0.2, 0) is 14.8 Å². The summed E-state index contributed by atoms with van der Waals surface area (Å²) in [6.45, 7) is 0.784. The number of halogens is 1. The normalized spacial score (nSPS) is 11.1. The third kappa shape index (κ3) is 7.94. The fraction of sp³-hybridized carbons (Fsp3) is 0.350. The Bertz CT molecular complexity index is 905. The summed E-state index contributed by atoms with van der Waals surface area (Å²) in [4.78, 5) is 12.9. The predicted octanol–water partition coefficient (Wildman–Crippen LogP) is 3.29. The lowest BCUT2D eigenvalue weighted by Crippen LogP contribution is -2.32. The molecular weight excluding hydrogens is 415 g/mol. The quantitative estimate of drug-likeness (QED) is 0.429. The summed E-state index contributed by atoms with van der Waals surface area (Å²) < 4.78 is 43.9. The molecule has 29 heavy (non-hydrogen) atoms. The highest BCUT2D eigenvalue weighted by Gasteiger charge is 2.17. The van der Waals surface area contributed by atoms with Crippen molar-refractivity contribution in [3.8, 4) is 5.75 Å². The molecule has 0 fully saturated rings. The molecule has 0 aliphatic heterocycles. The molecular formula is C20H25FN2O4S2. The fourth-order valence-electron chi connectivity index (χ4n) is 2.61. The number of carbonyl (C=O) groups is 1. The lowest BCUT2D eigenvalue weighted by Gasteiger charge is -2.22. The Balaban J connectivity index is 1.76. The number of rotatable bonds is 11. The average Bonchev–Trinajstić information content (AvgIpc) is 2.69. The van der Waals surface area contributed by atoms with Gasteiger partial charge in [0.2, 0.25) is 15.9 Å². The van der Waals surface area contributed by atoms with Gasteiger partial charge in [-0.05, 0) is 55.1 Å². The molecule has 0 saturated heterocycles. The number of thioether (sulfide) groups is 1. The van der Waals surface area contributed by atoms with Crippen LogP contribution in [0.4, 0.5) is 10.1 Å². The number of anilines is 1. The van der Waals surface area contributed by atoms with Crippen molar-refractivity contribution >= 4 is 33.4 Å². The molecule has 0 unspecified atom stereocenters. The number of amides is 1.